The third kappa shape index (κ3) is 7.66. The lowest BCUT2D eigenvalue weighted by atomic mass is 9.97. The molecule has 1 atom stereocenters. The highest BCUT2D eigenvalue weighted by Gasteiger charge is 2.35. The molecule has 1 heterocycles. The number of carbonyl (C=O) groups is 1. The number of ether oxygens (including phenoxy) is 2. The molecule has 7 nitrogen and oxygen atoms in total. The largest absolute Gasteiger partial charge is 0.444 e. The Labute approximate surface area is 184 Å². The van der Waals surface area contributed by atoms with Crippen LogP contribution in [-0.4, -0.2) is 46.5 Å². The van der Waals surface area contributed by atoms with Crippen LogP contribution in [0.25, 0.3) is 0 Å². The zero-order valence-corrected chi connectivity index (χ0v) is 19.4. The zero-order chi connectivity index (χ0) is 22.2. The number of carbonyl (C=O) groups excluding carboxylic acids is 1. The van der Waals surface area contributed by atoms with Gasteiger partial charge in [0, 0.05) is 19.3 Å². The third-order valence-electron chi connectivity index (χ3n) is 4.78. The number of nitrogens with one attached hydrogen (secondary N) is 2. The van der Waals surface area contributed by atoms with Gasteiger partial charge in [0.25, 0.3) is 0 Å². The van der Waals surface area contributed by atoms with Crippen molar-refractivity contribution in [1.82, 2.24) is 15.3 Å². The predicted octanol–water partition coefficient (Wildman–Crippen LogP) is 4.55. The lowest BCUT2D eigenvalue weighted by molar-refractivity contribution is 0.0517. The average Bonchev–Trinajstić information content (AvgIpc) is 3.12. The molecule has 2 rings (SSSR count). The molecule has 1 aromatic heterocycles. The number of alkyl carbamates (subject to hydrolysis) is 1. The number of nitrogens with zero attached hydrogens (tertiary/aromatic N) is 2. The average molecular weight is 437 g/mol. The summed E-state index contributed by atoms with van der Waals surface area (Å²) in [6.45, 7) is 10.5. The van der Waals surface area contributed by atoms with Crippen molar-refractivity contribution in [2.45, 2.75) is 84.0 Å². The Morgan fingerprint density at radius 2 is 2.03 bits per heavy atom. The Morgan fingerprint density at radius 3 is 2.63 bits per heavy atom. The van der Waals surface area contributed by atoms with Crippen LogP contribution in [0.2, 0.25) is 5.28 Å². The maximum atomic E-state index is 12.2. The Bertz CT molecular complexity index is 777. The van der Waals surface area contributed by atoms with Gasteiger partial charge in [-0.25, -0.2) is 9.78 Å². The third-order valence-corrected chi connectivity index (χ3v) is 4.96. The van der Waals surface area contributed by atoms with Crippen LogP contribution in [0, 0.1) is 11.8 Å². The molecule has 8 heteroatoms. The van der Waals surface area contributed by atoms with Crippen molar-refractivity contribution in [1.29, 1.82) is 0 Å². The van der Waals surface area contributed by atoms with Gasteiger partial charge in [0.15, 0.2) is 0 Å². The van der Waals surface area contributed by atoms with Gasteiger partial charge >= 0.3 is 6.09 Å². The highest BCUT2D eigenvalue weighted by atomic mass is 35.5. The van der Waals surface area contributed by atoms with Crippen LogP contribution in [0.3, 0.4) is 0 Å². The minimum absolute atomic E-state index is 0.146. The maximum absolute atomic E-state index is 12.2. The van der Waals surface area contributed by atoms with E-state index >= 15 is 0 Å². The van der Waals surface area contributed by atoms with Gasteiger partial charge in [0.2, 0.25) is 5.28 Å². The molecule has 0 radical (unpaired) electrons. The van der Waals surface area contributed by atoms with E-state index in [-0.39, 0.29) is 16.9 Å². The summed E-state index contributed by atoms with van der Waals surface area (Å²) in [5.41, 5.74) is -0.226. The van der Waals surface area contributed by atoms with Crippen molar-refractivity contribution in [3.8, 4) is 11.8 Å². The molecule has 0 aliphatic heterocycles. The molecule has 1 aliphatic rings. The minimum Gasteiger partial charge on any atom is -0.444 e. The van der Waals surface area contributed by atoms with Crippen LogP contribution < -0.4 is 10.6 Å². The van der Waals surface area contributed by atoms with Crippen LogP contribution in [-0.2, 0) is 9.47 Å². The van der Waals surface area contributed by atoms with E-state index in [4.69, 9.17) is 21.1 Å². The Kier molecular flexibility index (Phi) is 8.75. The van der Waals surface area contributed by atoms with E-state index in [1.165, 1.54) is 0 Å². The summed E-state index contributed by atoms with van der Waals surface area (Å²) in [7, 11) is 0. The quantitative estimate of drug-likeness (QED) is 0.482. The summed E-state index contributed by atoms with van der Waals surface area (Å²) < 4.78 is 11.0. The van der Waals surface area contributed by atoms with Gasteiger partial charge in [-0.1, -0.05) is 31.6 Å². The van der Waals surface area contributed by atoms with Crippen molar-refractivity contribution in [2.75, 3.05) is 18.5 Å². The normalized spacial score (nSPS) is 16.3. The van der Waals surface area contributed by atoms with Crippen LogP contribution in [0.4, 0.5) is 10.6 Å². The summed E-state index contributed by atoms with van der Waals surface area (Å²) in [5, 5.41) is 6.55. The Hall–Kier alpha value is -2.04. The maximum Gasteiger partial charge on any atom is 0.407 e. The number of aromatic nitrogens is 2. The van der Waals surface area contributed by atoms with Gasteiger partial charge in [-0.2, -0.15) is 4.98 Å². The summed E-state index contributed by atoms with van der Waals surface area (Å²) in [6.07, 6.45) is 5.75. The fraction of sp³-hybridized carbons (Fsp3) is 0.682. The monoisotopic (exact) mass is 436 g/mol. The van der Waals surface area contributed by atoms with Gasteiger partial charge in [-0.15, -0.1) is 0 Å². The molecular weight excluding hydrogens is 404 g/mol. The number of hydrogen-bond acceptors (Lipinski definition) is 6. The van der Waals surface area contributed by atoms with E-state index in [1.54, 1.807) is 6.20 Å². The highest BCUT2D eigenvalue weighted by molar-refractivity contribution is 6.28. The molecule has 1 fully saturated rings. The van der Waals surface area contributed by atoms with Crippen molar-refractivity contribution in [3.05, 3.63) is 17.0 Å². The molecule has 166 valence electrons. The highest BCUT2D eigenvalue weighted by Crippen LogP contribution is 2.33. The van der Waals surface area contributed by atoms with Crippen LogP contribution in [0.1, 0.15) is 72.3 Å². The molecule has 1 saturated carbocycles. The molecule has 1 aromatic rings. The molecule has 30 heavy (non-hydrogen) atoms. The summed E-state index contributed by atoms with van der Waals surface area (Å²) >= 11 is 6.06. The first-order valence-electron chi connectivity index (χ1n) is 10.6. The number of amides is 1. The van der Waals surface area contributed by atoms with E-state index in [1.807, 2.05) is 34.6 Å². The Morgan fingerprint density at radius 1 is 1.33 bits per heavy atom. The smallest absolute Gasteiger partial charge is 0.407 e. The first-order chi connectivity index (χ1) is 14.2. The standard InChI is InChI=1S/C22H33ClN4O3/c1-6-17(29-7-2)11-10-16-14-24-19(23)26-18(16)27-22(12-8-9-13-22)15-25-20(28)30-21(3,4)5/h14,17H,6-9,12-13,15H2,1-5H3,(H,25,28)(H,24,26,27). The first-order valence-corrected chi connectivity index (χ1v) is 10.9. The molecule has 1 aliphatic carbocycles. The van der Waals surface area contributed by atoms with Crippen molar-refractivity contribution >= 4 is 23.5 Å². The Balaban J connectivity index is 2.19. The molecule has 0 spiro atoms. The lowest BCUT2D eigenvalue weighted by Gasteiger charge is -2.32. The topological polar surface area (TPSA) is 85.4 Å². The first kappa shape index (κ1) is 24.2. The lowest BCUT2D eigenvalue weighted by Crippen LogP contribution is -2.48. The van der Waals surface area contributed by atoms with E-state index in [0.717, 1.165) is 32.1 Å². The van der Waals surface area contributed by atoms with Crippen LogP contribution >= 0.6 is 11.6 Å². The van der Waals surface area contributed by atoms with E-state index in [2.05, 4.69) is 32.4 Å². The number of rotatable bonds is 7. The van der Waals surface area contributed by atoms with E-state index in [0.29, 0.717) is 24.5 Å². The summed E-state index contributed by atoms with van der Waals surface area (Å²) in [5.74, 6) is 6.84. The van der Waals surface area contributed by atoms with Gasteiger partial charge < -0.3 is 20.1 Å². The van der Waals surface area contributed by atoms with E-state index in [9.17, 15) is 4.79 Å². The SMILES string of the molecule is CCOC(C#Cc1cnc(Cl)nc1NC1(CNC(=O)OC(C)(C)C)CCCC1)CC. The second-order valence-electron chi connectivity index (χ2n) is 8.49. The van der Waals surface area contributed by atoms with Gasteiger partial charge in [0.05, 0.1) is 11.1 Å². The molecule has 0 bridgehead atoms. The van der Waals surface area contributed by atoms with Crippen LogP contribution in [0.5, 0.6) is 0 Å². The zero-order valence-electron chi connectivity index (χ0n) is 18.6. The van der Waals surface area contributed by atoms with Gasteiger partial charge in [0.1, 0.15) is 17.5 Å². The second-order valence-corrected chi connectivity index (χ2v) is 8.83. The molecule has 1 amide bonds. The van der Waals surface area contributed by atoms with Gasteiger partial charge in [-0.3, -0.25) is 0 Å². The predicted molar refractivity (Wildman–Crippen MR) is 119 cm³/mol. The summed E-state index contributed by atoms with van der Waals surface area (Å²) in [4.78, 5) is 20.6. The molecule has 0 saturated heterocycles. The second kappa shape index (κ2) is 10.8. The molecule has 2 N–H and O–H groups in total. The van der Waals surface area contributed by atoms with Crippen molar-refractivity contribution in [3.63, 3.8) is 0 Å². The van der Waals surface area contributed by atoms with E-state index < -0.39 is 11.7 Å². The number of halogens is 1. The van der Waals surface area contributed by atoms with Crippen molar-refractivity contribution in [2.24, 2.45) is 0 Å². The van der Waals surface area contributed by atoms with Gasteiger partial charge in [-0.05, 0) is 58.6 Å². The van der Waals surface area contributed by atoms with Crippen LogP contribution in [0.15, 0.2) is 6.20 Å². The molecular formula is C22H33ClN4O3. The number of anilines is 1. The summed E-state index contributed by atoms with van der Waals surface area (Å²) in [6, 6.07) is 0. The number of hydrogen-bond donors (Lipinski definition) is 2. The molecule has 1 unspecified atom stereocenters. The minimum atomic E-state index is -0.542. The fourth-order valence-corrected chi connectivity index (χ4v) is 3.51. The fourth-order valence-electron chi connectivity index (χ4n) is 3.37. The van der Waals surface area contributed by atoms with Crippen molar-refractivity contribution < 1.29 is 14.3 Å². The molecule has 0 aromatic carbocycles.